The van der Waals surface area contributed by atoms with E-state index in [0.29, 0.717) is 19.3 Å². The Balaban J connectivity index is 2.72. The molecule has 1 rings (SSSR count). The van der Waals surface area contributed by atoms with Crippen molar-refractivity contribution >= 4 is 23.9 Å². The first-order chi connectivity index (χ1) is 39.6. The number of hydrogen-bond acceptors (Lipinski definition) is 11. The van der Waals surface area contributed by atoms with Crippen molar-refractivity contribution in [1.82, 2.24) is 0 Å². The van der Waals surface area contributed by atoms with E-state index >= 15 is 0 Å². The molecule has 0 aromatic rings. The number of carboxylic acids is 1. The summed E-state index contributed by atoms with van der Waals surface area (Å²) in [7, 11) is 0. The van der Waals surface area contributed by atoms with Crippen LogP contribution in [0.5, 0.6) is 0 Å². The van der Waals surface area contributed by atoms with Crippen molar-refractivity contribution in [3.63, 3.8) is 0 Å². The third-order valence-electron chi connectivity index (χ3n) is 13.9. The van der Waals surface area contributed by atoms with Gasteiger partial charge in [0.1, 0.15) is 18.8 Å². The fourth-order valence-electron chi connectivity index (χ4n) is 9.06. The van der Waals surface area contributed by atoms with E-state index in [1.165, 1.54) is 70.6 Å². The standard InChI is InChI=1S/C69H112O12/c1-4-7-10-13-16-19-22-25-28-30-31-33-35-37-40-43-46-49-52-55-61(70)77-58-60(79-62(71)56-53-50-47-44-41-38-34-27-24-21-18-15-12-9-6-3)59-78-69-67(65(74)64(73)66(81-69)68(75)76)80-63(72)57-54-51-48-45-42-39-36-32-29-26-23-20-17-14-11-8-5-2/h7-8,10-11,16-17,19-20,25-26,28-29,31,33,37,40,46,49,60,64-67,69,73-74H,4-6,9,12-15,18,21-24,27,30,32,34-36,38-39,41-45,47-48,50-59H2,1-3H3,(H,75,76)/b10-7-,11-8-,19-16-,20-17-,28-25-,29-26-,33-31-,40-37-,49-46-. The highest BCUT2D eigenvalue weighted by Gasteiger charge is 2.50. The zero-order valence-corrected chi connectivity index (χ0v) is 50.7. The summed E-state index contributed by atoms with van der Waals surface area (Å²) >= 11 is 0. The predicted octanol–water partition coefficient (Wildman–Crippen LogP) is 17.0. The lowest BCUT2D eigenvalue weighted by molar-refractivity contribution is -0.301. The van der Waals surface area contributed by atoms with E-state index < -0.39 is 67.3 Å². The van der Waals surface area contributed by atoms with E-state index in [2.05, 4.69) is 118 Å². The number of ether oxygens (including phenoxy) is 5. The summed E-state index contributed by atoms with van der Waals surface area (Å²) in [5.41, 5.74) is 0. The SMILES string of the molecule is CC/C=C\C/C=C\C/C=C\C/C=C\C/C=C\C/C=C\CCC(=O)OCC(COC1OC(C(=O)O)C(O)C(O)C1OC(=O)CCCCCCCCC/C=C\C/C=C\C/C=C\CC)OC(=O)CCCCCCCCCCCCCCCCC. The maximum absolute atomic E-state index is 13.2. The molecule has 1 aliphatic heterocycles. The fourth-order valence-corrected chi connectivity index (χ4v) is 9.06. The van der Waals surface area contributed by atoms with Gasteiger partial charge in [-0.1, -0.05) is 252 Å². The summed E-state index contributed by atoms with van der Waals surface area (Å²) in [5.74, 6) is -3.24. The number of unbranched alkanes of at least 4 members (excludes halogenated alkanes) is 21. The second kappa shape index (κ2) is 55.9. The van der Waals surface area contributed by atoms with Gasteiger partial charge in [0.15, 0.2) is 24.6 Å². The molecule has 460 valence electrons. The molecular formula is C69H112O12. The molecule has 0 amide bonds. The van der Waals surface area contributed by atoms with Crippen LogP contribution in [0.25, 0.3) is 0 Å². The number of hydrogen-bond donors (Lipinski definition) is 3. The minimum atomic E-state index is -1.92. The summed E-state index contributed by atoms with van der Waals surface area (Å²) in [5, 5.41) is 31.6. The minimum absolute atomic E-state index is 0.0383. The summed E-state index contributed by atoms with van der Waals surface area (Å²) in [4.78, 5) is 51.3. The number of aliphatic hydroxyl groups excluding tert-OH is 2. The molecule has 0 aromatic heterocycles. The summed E-state index contributed by atoms with van der Waals surface area (Å²) < 4.78 is 28.4. The highest BCUT2D eigenvalue weighted by Crippen LogP contribution is 2.26. The van der Waals surface area contributed by atoms with Crippen LogP contribution in [0.4, 0.5) is 0 Å². The van der Waals surface area contributed by atoms with Crippen molar-refractivity contribution in [3.8, 4) is 0 Å². The molecule has 6 unspecified atom stereocenters. The molecule has 0 aromatic carbocycles. The Labute approximate surface area is 491 Å². The zero-order valence-electron chi connectivity index (χ0n) is 50.7. The molecular weight excluding hydrogens is 1020 g/mol. The molecule has 1 fully saturated rings. The van der Waals surface area contributed by atoms with Crippen LogP contribution in [0, 0.1) is 0 Å². The average Bonchev–Trinajstić information content (AvgIpc) is 3.53. The molecule has 6 atom stereocenters. The van der Waals surface area contributed by atoms with Crippen molar-refractivity contribution < 1.29 is 58.2 Å². The van der Waals surface area contributed by atoms with Crippen LogP contribution in [-0.2, 0) is 42.9 Å². The van der Waals surface area contributed by atoms with Gasteiger partial charge in [0.25, 0.3) is 0 Å². The first kappa shape index (κ1) is 74.4. The molecule has 12 nitrogen and oxygen atoms in total. The molecule has 0 radical (unpaired) electrons. The van der Waals surface area contributed by atoms with E-state index in [-0.39, 0.29) is 25.9 Å². The molecule has 3 N–H and O–H groups in total. The van der Waals surface area contributed by atoms with Crippen LogP contribution >= 0.6 is 0 Å². The lowest BCUT2D eigenvalue weighted by atomic mass is 9.98. The van der Waals surface area contributed by atoms with Gasteiger partial charge in [0, 0.05) is 19.3 Å². The maximum atomic E-state index is 13.2. The number of carbonyl (C=O) groups excluding carboxylic acids is 3. The van der Waals surface area contributed by atoms with Gasteiger partial charge in [-0.25, -0.2) is 4.79 Å². The van der Waals surface area contributed by atoms with E-state index in [4.69, 9.17) is 23.7 Å². The number of aliphatic carboxylic acids is 1. The van der Waals surface area contributed by atoms with Crippen molar-refractivity contribution in [2.75, 3.05) is 13.2 Å². The van der Waals surface area contributed by atoms with Gasteiger partial charge in [-0.15, -0.1) is 0 Å². The van der Waals surface area contributed by atoms with E-state index in [1.54, 1.807) is 0 Å². The number of aliphatic hydroxyl groups is 2. The third kappa shape index (κ3) is 45.6. The normalized spacial score (nSPS) is 18.5. The molecule has 0 bridgehead atoms. The monoisotopic (exact) mass is 1130 g/mol. The number of esters is 3. The minimum Gasteiger partial charge on any atom is -0.479 e. The molecule has 12 heteroatoms. The van der Waals surface area contributed by atoms with Crippen LogP contribution in [0.2, 0.25) is 0 Å². The first-order valence-electron chi connectivity index (χ1n) is 31.9. The average molecular weight is 1130 g/mol. The van der Waals surface area contributed by atoms with Gasteiger partial charge in [-0.2, -0.15) is 0 Å². The van der Waals surface area contributed by atoms with Crippen LogP contribution in [-0.4, -0.2) is 89.2 Å². The highest BCUT2D eigenvalue weighted by molar-refractivity contribution is 5.74. The Hall–Kier alpha value is -4.62. The molecule has 0 saturated carbocycles. The van der Waals surface area contributed by atoms with Gasteiger partial charge in [-0.3, -0.25) is 14.4 Å². The second-order valence-electron chi connectivity index (χ2n) is 21.3. The van der Waals surface area contributed by atoms with Crippen LogP contribution in [0.3, 0.4) is 0 Å². The smallest absolute Gasteiger partial charge is 0.335 e. The molecule has 1 aliphatic rings. The van der Waals surface area contributed by atoms with E-state index in [1.807, 2.05) is 12.2 Å². The Morgan fingerprint density at radius 1 is 0.420 bits per heavy atom. The van der Waals surface area contributed by atoms with Gasteiger partial charge < -0.3 is 39.0 Å². The Morgan fingerprint density at radius 3 is 1.23 bits per heavy atom. The quantitative estimate of drug-likeness (QED) is 0.0228. The van der Waals surface area contributed by atoms with Gasteiger partial charge in [-0.05, 0) is 89.9 Å². The molecule has 81 heavy (non-hydrogen) atoms. The van der Waals surface area contributed by atoms with E-state index in [0.717, 1.165) is 122 Å². The highest BCUT2D eigenvalue weighted by atomic mass is 16.7. The van der Waals surface area contributed by atoms with Crippen LogP contribution < -0.4 is 0 Å². The first-order valence-corrected chi connectivity index (χ1v) is 31.9. The number of rotatable bonds is 53. The fraction of sp³-hybridized carbons (Fsp3) is 0.681. The van der Waals surface area contributed by atoms with Gasteiger partial charge in [0.2, 0.25) is 0 Å². The second-order valence-corrected chi connectivity index (χ2v) is 21.3. The maximum Gasteiger partial charge on any atom is 0.335 e. The number of carboxylic acid groups (broad SMARTS) is 1. The molecule has 0 spiro atoms. The van der Waals surface area contributed by atoms with Crippen molar-refractivity contribution in [2.45, 2.75) is 289 Å². The molecule has 1 saturated heterocycles. The Morgan fingerprint density at radius 2 is 0.802 bits per heavy atom. The van der Waals surface area contributed by atoms with Crippen molar-refractivity contribution in [3.05, 3.63) is 109 Å². The molecule has 0 aliphatic carbocycles. The summed E-state index contributed by atoms with van der Waals surface area (Å²) in [6.45, 7) is 5.72. The summed E-state index contributed by atoms with van der Waals surface area (Å²) in [6, 6.07) is 0. The predicted molar refractivity (Wildman–Crippen MR) is 330 cm³/mol. The van der Waals surface area contributed by atoms with Crippen LogP contribution in [0.15, 0.2) is 109 Å². The Kier molecular flexibility index (Phi) is 51.3. The van der Waals surface area contributed by atoms with E-state index in [9.17, 15) is 34.5 Å². The van der Waals surface area contributed by atoms with Crippen LogP contribution in [0.1, 0.15) is 252 Å². The zero-order chi connectivity index (χ0) is 58.9. The largest absolute Gasteiger partial charge is 0.479 e. The third-order valence-corrected chi connectivity index (χ3v) is 13.9. The topological polar surface area (TPSA) is 175 Å². The van der Waals surface area contributed by atoms with Crippen molar-refractivity contribution in [2.24, 2.45) is 0 Å². The Bertz CT molecular complexity index is 1820. The lowest BCUT2D eigenvalue weighted by Gasteiger charge is -2.40. The van der Waals surface area contributed by atoms with Gasteiger partial charge in [0.05, 0.1) is 6.61 Å². The summed E-state index contributed by atoms with van der Waals surface area (Å²) in [6.07, 6.45) is 63.4. The van der Waals surface area contributed by atoms with Gasteiger partial charge >= 0.3 is 23.9 Å². The number of allylic oxidation sites excluding steroid dienone is 18. The lowest BCUT2D eigenvalue weighted by Crippen LogP contribution is -2.61. The molecule has 1 heterocycles. The van der Waals surface area contributed by atoms with Crippen molar-refractivity contribution in [1.29, 1.82) is 0 Å². The number of carbonyl (C=O) groups is 4.